The van der Waals surface area contributed by atoms with Crippen molar-refractivity contribution in [2.24, 2.45) is 5.10 Å². The van der Waals surface area contributed by atoms with E-state index in [0.29, 0.717) is 25.1 Å². The summed E-state index contributed by atoms with van der Waals surface area (Å²) < 4.78 is 4.87. The van der Waals surface area contributed by atoms with Crippen molar-refractivity contribution in [1.29, 1.82) is 0 Å². The molecule has 25 heavy (non-hydrogen) atoms. The van der Waals surface area contributed by atoms with Gasteiger partial charge in [0.15, 0.2) is 0 Å². The third-order valence-corrected chi connectivity index (χ3v) is 3.50. The smallest absolute Gasteiger partial charge is 0.249 e. The molecule has 0 bridgehead atoms. The van der Waals surface area contributed by atoms with Crippen molar-refractivity contribution in [3.05, 3.63) is 42.0 Å². The molecule has 0 saturated carbocycles. The largest absolute Gasteiger partial charge is 0.507 e. The van der Waals surface area contributed by atoms with Crippen LogP contribution in [0.1, 0.15) is 18.4 Å². The number of aromatic hydroxyl groups is 1. The highest BCUT2D eigenvalue weighted by molar-refractivity contribution is 6.03. The van der Waals surface area contributed by atoms with Gasteiger partial charge in [-0.15, -0.1) is 0 Å². The van der Waals surface area contributed by atoms with Gasteiger partial charge in [-0.3, -0.25) is 9.59 Å². The highest BCUT2D eigenvalue weighted by atomic mass is 16.5. The summed E-state index contributed by atoms with van der Waals surface area (Å²) in [6.07, 6.45) is 1.74. The fraction of sp³-hybridized carbons (Fsp3) is 0.278. The predicted octanol–water partition coefficient (Wildman–Crippen LogP) is 1.54. The molecule has 0 atom stereocenters. The lowest BCUT2D eigenvalue weighted by Gasteiger charge is -2.05. The van der Waals surface area contributed by atoms with E-state index in [9.17, 15) is 14.7 Å². The van der Waals surface area contributed by atoms with E-state index in [1.807, 2.05) is 24.3 Å². The molecule has 2 amide bonds. The topological polar surface area (TPSA) is 100 Å². The molecule has 0 aliphatic heterocycles. The fourth-order valence-electron chi connectivity index (χ4n) is 2.28. The number of benzene rings is 2. The minimum absolute atomic E-state index is 0.0626. The van der Waals surface area contributed by atoms with Crippen LogP contribution in [0.2, 0.25) is 0 Å². The van der Waals surface area contributed by atoms with Crippen LogP contribution in [0.4, 0.5) is 0 Å². The Kier molecular flexibility index (Phi) is 6.91. The van der Waals surface area contributed by atoms with E-state index in [0.717, 1.165) is 10.8 Å². The van der Waals surface area contributed by atoms with Crippen LogP contribution in [-0.4, -0.2) is 43.4 Å². The summed E-state index contributed by atoms with van der Waals surface area (Å²) in [6, 6.07) is 10.9. The molecule has 0 heterocycles. The van der Waals surface area contributed by atoms with Crippen LogP contribution >= 0.6 is 0 Å². The molecule has 3 N–H and O–H groups in total. The Bertz CT molecular complexity index is 774. The Morgan fingerprint density at radius 1 is 1.20 bits per heavy atom. The fourth-order valence-corrected chi connectivity index (χ4v) is 2.28. The van der Waals surface area contributed by atoms with Crippen molar-refractivity contribution in [3.8, 4) is 5.75 Å². The Morgan fingerprint density at radius 2 is 2.00 bits per heavy atom. The molecule has 0 unspecified atom stereocenters. The zero-order chi connectivity index (χ0) is 18.1. The number of hydrogen-bond acceptors (Lipinski definition) is 5. The minimum atomic E-state index is -0.528. The van der Waals surface area contributed by atoms with Crippen molar-refractivity contribution < 1.29 is 19.4 Å². The second kappa shape index (κ2) is 9.39. The second-order valence-corrected chi connectivity index (χ2v) is 5.39. The third kappa shape index (κ3) is 5.58. The number of ether oxygens (including phenoxy) is 1. The van der Waals surface area contributed by atoms with Crippen molar-refractivity contribution in [2.75, 3.05) is 20.3 Å². The summed E-state index contributed by atoms with van der Waals surface area (Å²) in [6.45, 7) is 0.998. The van der Waals surface area contributed by atoms with Gasteiger partial charge in [0.05, 0.1) is 6.21 Å². The maximum Gasteiger partial charge on any atom is 0.249 e. The first kappa shape index (κ1) is 18.4. The molecule has 7 heteroatoms. The predicted molar refractivity (Wildman–Crippen MR) is 95.5 cm³/mol. The number of fused-ring (bicyclic) bond motifs is 1. The van der Waals surface area contributed by atoms with Gasteiger partial charge in [0.25, 0.3) is 0 Å². The summed E-state index contributed by atoms with van der Waals surface area (Å²) >= 11 is 0. The van der Waals surface area contributed by atoms with Gasteiger partial charge in [0.2, 0.25) is 11.8 Å². The van der Waals surface area contributed by atoms with Crippen LogP contribution in [0, 0.1) is 0 Å². The molecule has 0 aromatic heterocycles. The van der Waals surface area contributed by atoms with Gasteiger partial charge in [0, 0.05) is 25.8 Å². The van der Waals surface area contributed by atoms with E-state index in [1.54, 1.807) is 19.2 Å². The van der Waals surface area contributed by atoms with Crippen LogP contribution in [0.5, 0.6) is 5.75 Å². The molecule has 2 rings (SSSR count). The molecular weight excluding hydrogens is 322 g/mol. The third-order valence-electron chi connectivity index (χ3n) is 3.50. The SMILES string of the molecule is COCCCNC(=O)CC(=O)NN=Cc1c(O)ccc2ccccc12. The van der Waals surface area contributed by atoms with E-state index >= 15 is 0 Å². The second-order valence-electron chi connectivity index (χ2n) is 5.39. The molecular formula is C18H21N3O4. The number of nitrogens with one attached hydrogen (secondary N) is 2. The van der Waals surface area contributed by atoms with E-state index in [4.69, 9.17) is 4.74 Å². The van der Waals surface area contributed by atoms with Crippen LogP contribution < -0.4 is 10.7 Å². The number of hydrazone groups is 1. The molecule has 0 aliphatic carbocycles. The van der Waals surface area contributed by atoms with Gasteiger partial charge in [-0.25, -0.2) is 5.43 Å². The Labute approximate surface area is 145 Å². The molecule has 0 saturated heterocycles. The number of rotatable bonds is 8. The Morgan fingerprint density at radius 3 is 2.80 bits per heavy atom. The highest BCUT2D eigenvalue weighted by Crippen LogP contribution is 2.25. The molecule has 0 spiro atoms. The molecule has 2 aromatic rings. The van der Waals surface area contributed by atoms with Gasteiger partial charge >= 0.3 is 0 Å². The number of carbonyl (C=O) groups excluding carboxylic acids is 2. The Hall–Kier alpha value is -2.93. The number of phenolic OH excluding ortho intramolecular Hbond substituents is 1. The maximum absolute atomic E-state index is 11.7. The zero-order valence-corrected chi connectivity index (χ0v) is 14.0. The first-order valence-electron chi connectivity index (χ1n) is 7.90. The standard InChI is InChI=1S/C18H21N3O4/c1-25-10-4-9-19-17(23)11-18(24)21-20-12-15-14-6-3-2-5-13(14)7-8-16(15)22/h2-3,5-8,12,22H,4,9-11H2,1H3,(H,19,23)(H,21,24). The monoisotopic (exact) mass is 343 g/mol. The van der Waals surface area contributed by atoms with Crippen LogP contribution in [0.3, 0.4) is 0 Å². The summed E-state index contributed by atoms with van der Waals surface area (Å²) in [5.41, 5.74) is 2.79. The minimum Gasteiger partial charge on any atom is -0.507 e. The molecule has 0 aliphatic rings. The van der Waals surface area contributed by atoms with Gasteiger partial charge < -0.3 is 15.2 Å². The molecule has 0 fully saturated rings. The van der Waals surface area contributed by atoms with Gasteiger partial charge in [0.1, 0.15) is 12.2 Å². The number of hydrogen-bond donors (Lipinski definition) is 3. The lowest BCUT2D eigenvalue weighted by molar-refractivity contribution is -0.129. The zero-order valence-electron chi connectivity index (χ0n) is 14.0. The maximum atomic E-state index is 11.7. The first-order chi connectivity index (χ1) is 12.1. The van der Waals surface area contributed by atoms with Crippen molar-refractivity contribution in [1.82, 2.24) is 10.7 Å². The summed E-state index contributed by atoms with van der Waals surface area (Å²) in [5.74, 6) is -0.843. The quantitative estimate of drug-likeness (QED) is 0.293. The highest BCUT2D eigenvalue weighted by Gasteiger charge is 2.08. The van der Waals surface area contributed by atoms with Crippen molar-refractivity contribution in [3.63, 3.8) is 0 Å². The number of methoxy groups -OCH3 is 1. The van der Waals surface area contributed by atoms with Crippen LogP contribution in [0.25, 0.3) is 10.8 Å². The lowest BCUT2D eigenvalue weighted by Crippen LogP contribution is -2.30. The normalized spacial score (nSPS) is 10.9. The average molecular weight is 343 g/mol. The van der Waals surface area contributed by atoms with Crippen molar-refractivity contribution in [2.45, 2.75) is 12.8 Å². The number of carbonyl (C=O) groups is 2. The summed E-state index contributed by atoms with van der Waals surface area (Å²) in [7, 11) is 1.58. The van der Waals surface area contributed by atoms with Crippen LogP contribution in [-0.2, 0) is 14.3 Å². The summed E-state index contributed by atoms with van der Waals surface area (Å²) in [5, 5.41) is 18.2. The van der Waals surface area contributed by atoms with Gasteiger partial charge in [-0.1, -0.05) is 30.3 Å². The number of amides is 2. The molecule has 7 nitrogen and oxygen atoms in total. The first-order valence-corrected chi connectivity index (χ1v) is 7.90. The van der Waals surface area contributed by atoms with E-state index in [1.165, 1.54) is 6.21 Å². The van der Waals surface area contributed by atoms with Crippen molar-refractivity contribution >= 4 is 28.8 Å². The van der Waals surface area contributed by atoms with Gasteiger partial charge in [-0.05, 0) is 23.3 Å². The van der Waals surface area contributed by atoms with Crippen LogP contribution in [0.15, 0.2) is 41.5 Å². The molecule has 132 valence electrons. The van der Waals surface area contributed by atoms with Gasteiger partial charge in [-0.2, -0.15) is 5.10 Å². The van der Waals surface area contributed by atoms with E-state index in [-0.39, 0.29) is 18.1 Å². The average Bonchev–Trinajstić information content (AvgIpc) is 2.60. The molecule has 0 radical (unpaired) electrons. The number of nitrogens with zero attached hydrogens (tertiary/aromatic N) is 1. The Balaban J connectivity index is 1.90. The molecule has 2 aromatic carbocycles. The number of phenols is 1. The van der Waals surface area contributed by atoms with E-state index in [2.05, 4.69) is 15.8 Å². The summed E-state index contributed by atoms with van der Waals surface area (Å²) in [4.78, 5) is 23.3. The van der Waals surface area contributed by atoms with E-state index < -0.39 is 5.91 Å². The lowest BCUT2D eigenvalue weighted by atomic mass is 10.0.